The van der Waals surface area contributed by atoms with Gasteiger partial charge in [-0.3, -0.25) is 0 Å². The van der Waals surface area contributed by atoms with Crippen LogP contribution in [0.5, 0.6) is 5.75 Å². The van der Waals surface area contributed by atoms with Gasteiger partial charge in [-0.25, -0.2) is 9.59 Å². The van der Waals surface area contributed by atoms with E-state index in [9.17, 15) is 9.59 Å². The van der Waals surface area contributed by atoms with Crippen molar-refractivity contribution in [2.24, 2.45) is 23.7 Å². The van der Waals surface area contributed by atoms with Crippen LogP contribution >= 0.6 is 0 Å². The van der Waals surface area contributed by atoms with Crippen LogP contribution in [0.2, 0.25) is 0 Å². The van der Waals surface area contributed by atoms with Gasteiger partial charge >= 0.3 is 11.9 Å². The summed E-state index contributed by atoms with van der Waals surface area (Å²) in [6, 6.07) is 15.8. The predicted octanol–water partition coefficient (Wildman–Crippen LogP) is 8.86. The molecule has 0 unspecified atom stereocenters. The lowest BCUT2D eigenvalue weighted by Gasteiger charge is -2.26. The first kappa shape index (κ1) is 35.7. The Morgan fingerprint density at radius 3 is 1.85 bits per heavy atom. The second-order valence-electron chi connectivity index (χ2n) is 13.7. The van der Waals surface area contributed by atoms with Crippen LogP contribution in [-0.4, -0.2) is 44.0 Å². The predicted molar refractivity (Wildman–Crippen MR) is 180 cm³/mol. The van der Waals surface area contributed by atoms with Crippen molar-refractivity contribution in [2.45, 2.75) is 104 Å². The molecular formula is C39H54O7. The molecule has 1 saturated carbocycles. The number of carbonyl (C=O) groups is 2. The zero-order valence-electron chi connectivity index (χ0n) is 28.5. The number of unbranched alkanes of at least 4 members (excludes halogenated alkanes) is 2. The Morgan fingerprint density at radius 1 is 0.783 bits per heavy atom. The van der Waals surface area contributed by atoms with Crippen LogP contribution < -0.4 is 4.74 Å². The number of ether oxygens (including phenoxy) is 5. The van der Waals surface area contributed by atoms with Crippen LogP contribution in [0.25, 0.3) is 11.1 Å². The van der Waals surface area contributed by atoms with E-state index in [-0.39, 0.29) is 25.0 Å². The second kappa shape index (κ2) is 18.2. The molecule has 2 atom stereocenters. The first-order valence-corrected chi connectivity index (χ1v) is 17.4. The van der Waals surface area contributed by atoms with Crippen LogP contribution in [-0.2, 0) is 28.5 Å². The van der Waals surface area contributed by atoms with Crippen molar-refractivity contribution >= 4 is 11.9 Å². The summed E-state index contributed by atoms with van der Waals surface area (Å²) in [6.07, 6.45) is 12.0. The summed E-state index contributed by atoms with van der Waals surface area (Å²) in [4.78, 5) is 25.6. The van der Waals surface area contributed by atoms with Gasteiger partial charge in [0.2, 0.25) is 0 Å². The molecule has 7 nitrogen and oxygen atoms in total. The number of allylic oxidation sites excluding steroid dienone is 1. The fourth-order valence-electron chi connectivity index (χ4n) is 5.94. The molecule has 0 spiro atoms. The summed E-state index contributed by atoms with van der Waals surface area (Å²) in [5.41, 5.74) is 2.75. The van der Waals surface area contributed by atoms with Crippen molar-refractivity contribution < 1.29 is 33.3 Å². The normalized spacial score (nSPS) is 22.1. The smallest absolute Gasteiger partial charge is 0.338 e. The lowest BCUT2D eigenvalue weighted by Crippen LogP contribution is -2.40. The summed E-state index contributed by atoms with van der Waals surface area (Å²) in [6.45, 7) is 11.1. The van der Waals surface area contributed by atoms with Gasteiger partial charge < -0.3 is 23.7 Å². The van der Waals surface area contributed by atoms with Gasteiger partial charge in [0.25, 0.3) is 0 Å². The summed E-state index contributed by atoms with van der Waals surface area (Å²) in [7, 11) is 0. The molecular weight excluding hydrogens is 580 g/mol. The molecule has 1 heterocycles. The van der Waals surface area contributed by atoms with E-state index in [1.54, 1.807) is 0 Å². The van der Waals surface area contributed by atoms with Gasteiger partial charge in [0.15, 0.2) is 18.5 Å². The van der Waals surface area contributed by atoms with Crippen LogP contribution in [0.1, 0.15) is 97.8 Å². The van der Waals surface area contributed by atoms with E-state index in [2.05, 4.69) is 19.1 Å². The number of carbonyl (C=O) groups excluding carboxylic acids is 2. The zero-order valence-corrected chi connectivity index (χ0v) is 28.5. The van der Waals surface area contributed by atoms with Crippen molar-refractivity contribution in [3.63, 3.8) is 0 Å². The van der Waals surface area contributed by atoms with Crippen LogP contribution in [0.3, 0.4) is 0 Å². The molecule has 2 aromatic rings. The van der Waals surface area contributed by atoms with E-state index in [1.807, 2.05) is 76.2 Å². The molecule has 46 heavy (non-hydrogen) atoms. The lowest BCUT2D eigenvalue weighted by atomic mass is 9.79. The Morgan fingerprint density at radius 2 is 1.33 bits per heavy atom. The van der Waals surface area contributed by atoms with E-state index < -0.39 is 30.4 Å². The lowest BCUT2D eigenvalue weighted by molar-refractivity contribution is -0.164. The van der Waals surface area contributed by atoms with Crippen molar-refractivity contribution in [3.05, 3.63) is 66.2 Å². The summed E-state index contributed by atoms with van der Waals surface area (Å²) in [5, 5.41) is 0. The standard InChI is InChI=1S/C39H54O7/c1-6-7-8-10-29-12-14-30(15-13-29)11-9-24-42-34-22-20-32(21-23-34)31-16-18-33(19-17-31)39-45-35(37(40)43-25-27(2)3)36(46-39)38(41)44-26-28(4)5/h9,11,16-23,27-30,35-36,39H,6-8,10,12-15,24-26H2,1-5H3/t29?,30?,35-,36-/m1/s1. The van der Waals surface area contributed by atoms with Crippen LogP contribution in [0.15, 0.2) is 60.7 Å². The van der Waals surface area contributed by atoms with E-state index in [4.69, 9.17) is 23.7 Å². The Bertz CT molecular complexity index is 1190. The first-order chi connectivity index (χ1) is 22.2. The molecule has 1 aliphatic heterocycles. The quantitative estimate of drug-likeness (QED) is 0.104. The number of hydrogen-bond acceptors (Lipinski definition) is 7. The minimum Gasteiger partial charge on any atom is -0.490 e. The highest BCUT2D eigenvalue weighted by atomic mass is 16.8. The van der Waals surface area contributed by atoms with E-state index >= 15 is 0 Å². The fraction of sp³-hybridized carbons (Fsp3) is 0.590. The summed E-state index contributed by atoms with van der Waals surface area (Å²) in [5.74, 6) is 1.50. The molecule has 4 rings (SSSR count). The van der Waals surface area contributed by atoms with Gasteiger partial charge in [-0.15, -0.1) is 0 Å². The minimum atomic E-state index is -1.19. The Balaban J connectivity index is 1.27. The third-order valence-corrected chi connectivity index (χ3v) is 8.63. The third-order valence-electron chi connectivity index (χ3n) is 8.63. The number of benzene rings is 2. The summed E-state index contributed by atoms with van der Waals surface area (Å²) >= 11 is 0. The molecule has 7 heteroatoms. The maximum absolute atomic E-state index is 12.8. The molecule has 2 aromatic carbocycles. The fourth-order valence-corrected chi connectivity index (χ4v) is 5.94. The van der Waals surface area contributed by atoms with E-state index in [1.165, 1.54) is 51.4 Å². The molecule has 0 bridgehead atoms. The maximum atomic E-state index is 12.8. The number of esters is 2. The topological polar surface area (TPSA) is 80.3 Å². The molecule has 252 valence electrons. The molecule has 0 radical (unpaired) electrons. The SMILES string of the molecule is CCCCCC1CCC(C=CCOc2ccc(-c3ccc(C4O[C@@H](C(=O)OCC(C)C)[C@H](C(=O)OCC(C)C)O4)cc3)cc2)CC1. The maximum Gasteiger partial charge on any atom is 0.338 e. The van der Waals surface area contributed by atoms with Crippen LogP contribution in [0.4, 0.5) is 0 Å². The molecule has 0 N–H and O–H groups in total. The van der Waals surface area contributed by atoms with Gasteiger partial charge in [0.1, 0.15) is 12.4 Å². The first-order valence-electron chi connectivity index (χ1n) is 17.4. The van der Waals surface area contributed by atoms with Gasteiger partial charge in [-0.1, -0.05) is 109 Å². The molecule has 1 saturated heterocycles. The molecule has 0 amide bonds. The van der Waals surface area contributed by atoms with E-state index in [0.29, 0.717) is 18.1 Å². The highest BCUT2D eigenvalue weighted by molar-refractivity contribution is 5.86. The Labute approximate surface area is 276 Å². The van der Waals surface area contributed by atoms with Gasteiger partial charge in [-0.2, -0.15) is 0 Å². The van der Waals surface area contributed by atoms with Crippen molar-refractivity contribution in [1.29, 1.82) is 0 Å². The molecule has 1 aliphatic carbocycles. The van der Waals surface area contributed by atoms with Gasteiger partial charge in [0, 0.05) is 5.56 Å². The Hall–Kier alpha value is -3.16. The highest BCUT2D eigenvalue weighted by Crippen LogP contribution is 2.35. The zero-order chi connectivity index (χ0) is 32.9. The molecule has 2 aliphatic rings. The molecule has 2 fully saturated rings. The highest BCUT2D eigenvalue weighted by Gasteiger charge is 2.47. The Kier molecular flexibility index (Phi) is 14.2. The van der Waals surface area contributed by atoms with E-state index in [0.717, 1.165) is 22.8 Å². The van der Waals surface area contributed by atoms with Gasteiger partial charge in [-0.05, 0) is 72.6 Å². The minimum absolute atomic E-state index is 0.151. The average molecular weight is 635 g/mol. The van der Waals surface area contributed by atoms with Crippen molar-refractivity contribution in [2.75, 3.05) is 19.8 Å². The molecule has 0 aromatic heterocycles. The third kappa shape index (κ3) is 11.0. The average Bonchev–Trinajstić information content (AvgIpc) is 3.51. The largest absolute Gasteiger partial charge is 0.490 e. The van der Waals surface area contributed by atoms with Crippen molar-refractivity contribution in [3.8, 4) is 16.9 Å². The van der Waals surface area contributed by atoms with Gasteiger partial charge in [0.05, 0.1) is 13.2 Å². The second-order valence-corrected chi connectivity index (χ2v) is 13.7. The number of rotatable bonds is 16. The van der Waals surface area contributed by atoms with Crippen LogP contribution in [0, 0.1) is 23.7 Å². The van der Waals surface area contributed by atoms with Crippen molar-refractivity contribution in [1.82, 2.24) is 0 Å². The summed E-state index contributed by atoms with van der Waals surface area (Å²) < 4.78 is 28.6. The number of hydrogen-bond donors (Lipinski definition) is 0. The monoisotopic (exact) mass is 634 g/mol.